The van der Waals surface area contributed by atoms with Gasteiger partial charge in [0.15, 0.2) is 0 Å². The lowest BCUT2D eigenvalue weighted by molar-refractivity contribution is -0.0129. The van der Waals surface area contributed by atoms with Crippen LogP contribution in [0.4, 0.5) is 0 Å². The zero-order valence-corrected chi connectivity index (χ0v) is 9.08. The highest BCUT2D eigenvalue weighted by molar-refractivity contribution is 5.00. The zero-order chi connectivity index (χ0) is 10.0. The molecular weight excluding hydrogens is 174 g/mol. The second-order valence-electron chi connectivity index (χ2n) is 4.96. The maximum absolute atomic E-state index is 9.85. The van der Waals surface area contributed by atoms with Crippen molar-refractivity contribution in [2.24, 2.45) is 0 Å². The van der Waals surface area contributed by atoms with Gasteiger partial charge in [0, 0.05) is 19.1 Å². The maximum atomic E-state index is 9.85. The van der Waals surface area contributed by atoms with Crippen molar-refractivity contribution in [1.29, 1.82) is 0 Å². The molecule has 1 saturated heterocycles. The van der Waals surface area contributed by atoms with Crippen LogP contribution in [0, 0.1) is 0 Å². The molecule has 1 unspecified atom stereocenters. The SMILES string of the molecule is CC1(O)CCN(C2C=CCCC2)CC1. The van der Waals surface area contributed by atoms with Crippen LogP contribution in [-0.2, 0) is 0 Å². The molecular formula is C12H21NO. The highest BCUT2D eigenvalue weighted by Crippen LogP contribution is 2.25. The molecule has 1 fully saturated rings. The lowest BCUT2D eigenvalue weighted by atomic mass is 9.91. The van der Waals surface area contributed by atoms with Gasteiger partial charge in [0.25, 0.3) is 0 Å². The molecule has 1 atom stereocenters. The molecule has 2 nitrogen and oxygen atoms in total. The fraction of sp³-hybridized carbons (Fsp3) is 0.833. The van der Waals surface area contributed by atoms with Crippen LogP contribution in [0.25, 0.3) is 0 Å². The maximum Gasteiger partial charge on any atom is 0.0644 e. The fourth-order valence-electron chi connectivity index (χ4n) is 2.44. The van der Waals surface area contributed by atoms with Gasteiger partial charge in [-0.2, -0.15) is 0 Å². The van der Waals surface area contributed by atoms with E-state index < -0.39 is 5.60 Å². The van der Waals surface area contributed by atoms with E-state index in [0.717, 1.165) is 25.9 Å². The molecule has 0 aromatic heterocycles. The third-order valence-corrected chi connectivity index (χ3v) is 3.57. The molecule has 1 heterocycles. The molecule has 0 aromatic carbocycles. The molecule has 80 valence electrons. The van der Waals surface area contributed by atoms with E-state index in [9.17, 15) is 5.11 Å². The van der Waals surface area contributed by atoms with Crippen molar-refractivity contribution in [2.75, 3.05) is 13.1 Å². The minimum Gasteiger partial charge on any atom is -0.390 e. The molecule has 0 spiro atoms. The monoisotopic (exact) mass is 195 g/mol. The van der Waals surface area contributed by atoms with Crippen LogP contribution in [0.3, 0.4) is 0 Å². The second kappa shape index (κ2) is 4.03. The first-order valence-corrected chi connectivity index (χ1v) is 5.80. The summed E-state index contributed by atoms with van der Waals surface area (Å²) in [6.07, 6.45) is 10.4. The summed E-state index contributed by atoms with van der Waals surface area (Å²) in [7, 11) is 0. The van der Waals surface area contributed by atoms with E-state index in [4.69, 9.17) is 0 Å². The predicted molar refractivity (Wildman–Crippen MR) is 58.2 cm³/mol. The third kappa shape index (κ3) is 2.37. The lowest BCUT2D eigenvalue weighted by Crippen LogP contribution is -2.46. The normalized spacial score (nSPS) is 33.1. The van der Waals surface area contributed by atoms with E-state index in [1.807, 2.05) is 6.92 Å². The molecule has 1 aliphatic carbocycles. The number of likely N-dealkylation sites (tertiary alicyclic amines) is 1. The summed E-state index contributed by atoms with van der Waals surface area (Å²) in [4.78, 5) is 2.52. The van der Waals surface area contributed by atoms with E-state index in [2.05, 4.69) is 17.1 Å². The van der Waals surface area contributed by atoms with Gasteiger partial charge < -0.3 is 5.11 Å². The first kappa shape index (κ1) is 10.2. The summed E-state index contributed by atoms with van der Waals surface area (Å²) >= 11 is 0. The Bertz CT molecular complexity index is 212. The summed E-state index contributed by atoms with van der Waals surface area (Å²) in [5.41, 5.74) is -0.408. The zero-order valence-electron chi connectivity index (χ0n) is 9.08. The number of rotatable bonds is 1. The Labute approximate surface area is 86.6 Å². The number of hydrogen-bond donors (Lipinski definition) is 1. The van der Waals surface area contributed by atoms with Gasteiger partial charge in [0.2, 0.25) is 0 Å². The van der Waals surface area contributed by atoms with Crippen LogP contribution in [0.5, 0.6) is 0 Å². The minimum atomic E-state index is -0.408. The third-order valence-electron chi connectivity index (χ3n) is 3.57. The molecule has 0 amide bonds. The molecule has 2 heteroatoms. The molecule has 0 radical (unpaired) electrons. The average Bonchev–Trinajstić information content (AvgIpc) is 2.19. The second-order valence-corrected chi connectivity index (χ2v) is 4.96. The largest absolute Gasteiger partial charge is 0.390 e. The summed E-state index contributed by atoms with van der Waals surface area (Å²) in [6.45, 7) is 4.07. The topological polar surface area (TPSA) is 23.5 Å². The summed E-state index contributed by atoms with van der Waals surface area (Å²) < 4.78 is 0. The summed E-state index contributed by atoms with van der Waals surface area (Å²) in [5.74, 6) is 0. The van der Waals surface area contributed by atoms with E-state index in [0.29, 0.717) is 6.04 Å². The van der Waals surface area contributed by atoms with Gasteiger partial charge in [-0.3, -0.25) is 4.90 Å². The van der Waals surface area contributed by atoms with Gasteiger partial charge in [0.05, 0.1) is 5.60 Å². The molecule has 2 aliphatic rings. The average molecular weight is 195 g/mol. The number of piperidine rings is 1. The van der Waals surface area contributed by atoms with Crippen LogP contribution in [0.15, 0.2) is 12.2 Å². The van der Waals surface area contributed by atoms with Crippen molar-refractivity contribution in [3.8, 4) is 0 Å². The van der Waals surface area contributed by atoms with Crippen LogP contribution < -0.4 is 0 Å². The molecule has 2 rings (SSSR count). The number of allylic oxidation sites excluding steroid dienone is 1. The minimum absolute atomic E-state index is 0.408. The van der Waals surface area contributed by atoms with Gasteiger partial charge in [-0.25, -0.2) is 0 Å². The highest BCUT2D eigenvalue weighted by atomic mass is 16.3. The van der Waals surface area contributed by atoms with Crippen molar-refractivity contribution >= 4 is 0 Å². The van der Waals surface area contributed by atoms with Gasteiger partial charge in [-0.1, -0.05) is 12.2 Å². The van der Waals surface area contributed by atoms with Crippen molar-refractivity contribution < 1.29 is 5.11 Å². The van der Waals surface area contributed by atoms with E-state index in [1.54, 1.807) is 0 Å². The molecule has 1 aliphatic heterocycles. The van der Waals surface area contributed by atoms with Crippen LogP contribution >= 0.6 is 0 Å². The fourth-order valence-corrected chi connectivity index (χ4v) is 2.44. The van der Waals surface area contributed by atoms with Gasteiger partial charge in [0.1, 0.15) is 0 Å². The Morgan fingerprint density at radius 3 is 2.64 bits per heavy atom. The van der Waals surface area contributed by atoms with Crippen molar-refractivity contribution in [2.45, 2.75) is 50.7 Å². The van der Waals surface area contributed by atoms with Gasteiger partial charge >= 0.3 is 0 Å². The Kier molecular flexibility index (Phi) is 2.93. The smallest absolute Gasteiger partial charge is 0.0644 e. The van der Waals surface area contributed by atoms with Crippen LogP contribution in [0.1, 0.15) is 39.0 Å². The van der Waals surface area contributed by atoms with Crippen molar-refractivity contribution in [3.63, 3.8) is 0 Å². The van der Waals surface area contributed by atoms with Gasteiger partial charge in [-0.05, 0) is 39.0 Å². The van der Waals surface area contributed by atoms with Crippen molar-refractivity contribution in [3.05, 3.63) is 12.2 Å². The Morgan fingerprint density at radius 1 is 1.36 bits per heavy atom. The Balaban J connectivity index is 1.88. The summed E-state index contributed by atoms with van der Waals surface area (Å²) in [5, 5.41) is 9.85. The quantitative estimate of drug-likeness (QED) is 0.646. The number of aliphatic hydroxyl groups is 1. The highest BCUT2D eigenvalue weighted by Gasteiger charge is 2.29. The number of hydrogen-bond acceptors (Lipinski definition) is 2. The van der Waals surface area contributed by atoms with Crippen LogP contribution in [0.2, 0.25) is 0 Å². The Hall–Kier alpha value is -0.340. The first-order valence-electron chi connectivity index (χ1n) is 5.80. The summed E-state index contributed by atoms with van der Waals surface area (Å²) in [6, 6.07) is 0.653. The Morgan fingerprint density at radius 2 is 2.07 bits per heavy atom. The first-order chi connectivity index (χ1) is 6.67. The molecule has 0 saturated carbocycles. The predicted octanol–water partition coefficient (Wildman–Crippen LogP) is 1.94. The number of nitrogens with zero attached hydrogens (tertiary/aromatic N) is 1. The molecule has 14 heavy (non-hydrogen) atoms. The van der Waals surface area contributed by atoms with Crippen LogP contribution in [-0.4, -0.2) is 34.7 Å². The lowest BCUT2D eigenvalue weighted by Gasteiger charge is -2.40. The van der Waals surface area contributed by atoms with Crippen molar-refractivity contribution in [1.82, 2.24) is 4.90 Å². The van der Waals surface area contributed by atoms with E-state index >= 15 is 0 Å². The van der Waals surface area contributed by atoms with Gasteiger partial charge in [-0.15, -0.1) is 0 Å². The molecule has 0 aromatic rings. The van der Waals surface area contributed by atoms with E-state index in [1.165, 1.54) is 19.3 Å². The standard InChI is InChI=1S/C12H21NO/c1-12(14)7-9-13(10-8-12)11-5-3-2-4-6-11/h3,5,11,14H,2,4,6-10H2,1H3. The molecule has 1 N–H and O–H groups in total. The van der Waals surface area contributed by atoms with E-state index in [-0.39, 0.29) is 0 Å². The molecule has 0 bridgehead atoms.